The van der Waals surface area contributed by atoms with E-state index in [-0.39, 0.29) is 11.2 Å². The Bertz CT molecular complexity index is 491. The van der Waals surface area contributed by atoms with Crippen LogP contribution in [0.3, 0.4) is 0 Å². The molecular formula is C14H22N2O3S. The lowest BCUT2D eigenvalue weighted by molar-refractivity contribution is 0.0953. The average Bonchev–Trinajstić information content (AvgIpc) is 2.40. The van der Waals surface area contributed by atoms with Crippen LogP contribution < -0.4 is 15.8 Å². The summed E-state index contributed by atoms with van der Waals surface area (Å²) in [5, 5.41) is 2.86. The molecule has 0 radical (unpaired) electrons. The van der Waals surface area contributed by atoms with E-state index in [1.807, 2.05) is 13.8 Å². The molecule has 2 atom stereocenters. The van der Waals surface area contributed by atoms with Crippen LogP contribution in [0.25, 0.3) is 0 Å². The highest BCUT2D eigenvalue weighted by Crippen LogP contribution is 2.22. The van der Waals surface area contributed by atoms with E-state index in [4.69, 9.17) is 10.5 Å². The van der Waals surface area contributed by atoms with Crippen molar-refractivity contribution in [3.8, 4) is 5.75 Å². The van der Waals surface area contributed by atoms with Gasteiger partial charge in [0.05, 0.1) is 12.3 Å². The van der Waals surface area contributed by atoms with E-state index in [1.165, 1.54) is 0 Å². The summed E-state index contributed by atoms with van der Waals surface area (Å²) in [7, 11) is -0.867. The Balaban J connectivity index is 2.55. The van der Waals surface area contributed by atoms with Crippen LogP contribution in [0.15, 0.2) is 18.2 Å². The fourth-order valence-electron chi connectivity index (χ4n) is 1.63. The highest BCUT2D eigenvalue weighted by atomic mass is 32.2. The topological polar surface area (TPSA) is 81.4 Å². The Morgan fingerprint density at radius 2 is 2.20 bits per heavy atom. The zero-order valence-corrected chi connectivity index (χ0v) is 13.0. The molecule has 0 aromatic heterocycles. The van der Waals surface area contributed by atoms with Gasteiger partial charge in [-0.3, -0.25) is 9.00 Å². The van der Waals surface area contributed by atoms with E-state index in [1.54, 1.807) is 24.5 Å². The van der Waals surface area contributed by atoms with Crippen molar-refractivity contribution in [1.29, 1.82) is 0 Å². The number of amides is 1. The molecule has 0 aliphatic heterocycles. The van der Waals surface area contributed by atoms with E-state index in [2.05, 4.69) is 5.32 Å². The summed E-state index contributed by atoms with van der Waals surface area (Å²) in [6, 6.07) is 4.97. The lowest BCUT2D eigenvalue weighted by atomic mass is 10.1. The van der Waals surface area contributed by atoms with Gasteiger partial charge in [0.25, 0.3) is 5.91 Å². The first-order valence-electron chi connectivity index (χ1n) is 6.58. The quantitative estimate of drug-likeness (QED) is 0.748. The molecule has 6 heteroatoms. The monoisotopic (exact) mass is 298 g/mol. The van der Waals surface area contributed by atoms with Crippen molar-refractivity contribution in [3.05, 3.63) is 23.8 Å². The van der Waals surface area contributed by atoms with Crippen LogP contribution >= 0.6 is 0 Å². The molecule has 5 nitrogen and oxygen atoms in total. The van der Waals surface area contributed by atoms with Crippen LogP contribution in [0.2, 0.25) is 0 Å². The molecule has 0 spiro atoms. The van der Waals surface area contributed by atoms with Gasteiger partial charge >= 0.3 is 0 Å². The molecule has 112 valence electrons. The third kappa shape index (κ3) is 4.85. The van der Waals surface area contributed by atoms with Crippen LogP contribution in [-0.4, -0.2) is 34.8 Å². The number of nitrogen functional groups attached to an aromatic ring is 1. The summed E-state index contributed by atoms with van der Waals surface area (Å²) in [5.74, 6) is 0.396. The minimum atomic E-state index is -0.867. The molecule has 0 aliphatic carbocycles. The SMILES string of the molecule is CCOc1ccc(C(=O)NCCC(C)S(C)=O)cc1N. The second-order valence-electron chi connectivity index (χ2n) is 4.54. The number of anilines is 1. The maximum atomic E-state index is 11.9. The molecule has 3 N–H and O–H groups in total. The number of carbonyl (C=O) groups is 1. The van der Waals surface area contributed by atoms with Gasteiger partial charge in [0.15, 0.2) is 0 Å². The third-order valence-corrected chi connectivity index (χ3v) is 4.34. The molecule has 0 aliphatic rings. The number of rotatable bonds is 7. The van der Waals surface area contributed by atoms with E-state index < -0.39 is 10.8 Å². The highest BCUT2D eigenvalue weighted by molar-refractivity contribution is 7.84. The molecule has 1 rings (SSSR count). The van der Waals surface area contributed by atoms with Gasteiger partial charge in [-0.25, -0.2) is 0 Å². The smallest absolute Gasteiger partial charge is 0.251 e. The second-order valence-corrected chi connectivity index (χ2v) is 6.34. The van der Waals surface area contributed by atoms with Gasteiger partial charge in [-0.05, 0) is 31.5 Å². The summed E-state index contributed by atoms with van der Waals surface area (Å²) >= 11 is 0. The van der Waals surface area contributed by atoms with Gasteiger partial charge in [0.1, 0.15) is 5.75 Å². The molecule has 2 unspecified atom stereocenters. The van der Waals surface area contributed by atoms with Crippen LogP contribution in [0.5, 0.6) is 5.75 Å². The third-order valence-electron chi connectivity index (χ3n) is 2.97. The second kappa shape index (κ2) is 7.89. The van der Waals surface area contributed by atoms with Gasteiger partial charge < -0.3 is 15.8 Å². The van der Waals surface area contributed by atoms with Gasteiger partial charge in [0.2, 0.25) is 0 Å². The zero-order valence-electron chi connectivity index (χ0n) is 12.1. The van der Waals surface area contributed by atoms with E-state index in [0.29, 0.717) is 36.6 Å². The molecule has 1 amide bonds. The van der Waals surface area contributed by atoms with Crippen molar-refractivity contribution in [2.45, 2.75) is 25.5 Å². The summed E-state index contributed by atoms with van der Waals surface area (Å²) in [5.41, 5.74) is 6.76. The number of hydrogen-bond acceptors (Lipinski definition) is 4. The Kier molecular flexibility index (Phi) is 6.51. The van der Waals surface area contributed by atoms with E-state index >= 15 is 0 Å². The van der Waals surface area contributed by atoms with Gasteiger partial charge in [-0.2, -0.15) is 0 Å². The minimum absolute atomic E-state index is 0.0701. The summed E-state index contributed by atoms with van der Waals surface area (Å²) in [6.07, 6.45) is 2.35. The van der Waals surface area contributed by atoms with Crippen LogP contribution in [0.1, 0.15) is 30.6 Å². The molecule has 0 bridgehead atoms. The fraction of sp³-hybridized carbons (Fsp3) is 0.500. The lowest BCUT2D eigenvalue weighted by Crippen LogP contribution is -2.27. The first-order chi connectivity index (χ1) is 9.45. The molecule has 20 heavy (non-hydrogen) atoms. The van der Waals surface area contributed by atoms with E-state index in [0.717, 1.165) is 0 Å². The standard InChI is InChI=1S/C14H22N2O3S/c1-4-19-13-6-5-11(9-12(13)15)14(17)16-8-7-10(2)20(3)18/h5-6,9-10H,4,7-8,15H2,1-3H3,(H,16,17). The van der Waals surface area contributed by atoms with Gasteiger partial charge in [0, 0.05) is 34.4 Å². The van der Waals surface area contributed by atoms with Crippen molar-refractivity contribution in [3.63, 3.8) is 0 Å². The zero-order chi connectivity index (χ0) is 15.1. The molecule has 0 saturated carbocycles. The maximum absolute atomic E-state index is 11.9. The van der Waals surface area contributed by atoms with Gasteiger partial charge in [-0.1, -0.05) is 6.92 Å². The number of hydrogen-bond donors (Lipinski definition) is 2. The molecule has 1 aromatic carbocycles. The number of nitrogens with two attached hydrogens (primary N) is 1. The van der Waals surface area contributed by atoms with Crippen molar-refractivity contribution >= 4 is 22.4 Å². The van der Waals surface area contributed by atoms with Crippen LogP contribution in [0, 0.1) is 0 Å². The Morgan fingerprint density at radius 3 is 2.75 bits per heavy atom. The molecule has 0 fully saturated rings. The number of nitrogens with one attached hydrogen (secondary N) is 1. The van der Waals surface area contributed by atoms with Gasteiger partial charge in [-0.15, -0.1) is 0 Å². The predicted octanol–water partition coefficient (Wildman–Crippen LogP) is 1.55. The maximum Gasteiger partial charge on any atom is 0.251 e. The fourth-order valence-corrected chi connectivity index (χ4v) is 2.08. The first-order valence-corrected chi connectivity index (χ1v) is 8.20. The van der Waals surface area contributed by atoms with Crippen molar-refractivity contribution < 1.29 is 13.7 Å². The van der Waals surface area contributed by atoms with Crippen LogP contribution in [0.4, 0.5) is 5.69 Å². The first kappa shape index (κ1) is 16.5. The summed E-state index contributed by atoms with van der Waals surface area (Å²) in [6.45, 7) is 4.80. The lowest BCUT2D eigenvalue weighted by Gasteiger charge is -2.11. The van der Waals surface area contributed by atoms with Crippen molar-refractivity contribution in [2.24, 2.45) is 0 Å². The minimum Gasteiger partial charge on any atom is -0.492 e. The largest absolute Gasteiger partial charge is 0.492 e. The number of benzene rings is 1. The Labute approximate surface area is 122 Å². The normalized spacial score (nSPS) is 13.6. The number of carbonyl (C=O) groups excluding carboxylic acids is 1. The summed E-state index contributed by atoms with van der Waals surface area (Å²) < 4.78 is 16.5. The van der Waals surface area contributed by atoms with Crippen molar-refractivity contribution in [2.75, 3.05) is 25.1 Å². The van der Waals surface area contributed by atoms with Crippen molar-refractivity contribution in [1.82, 2.24) is 5.32 Å². The Hall–Kier alpha value is -1.56. The molecular weight excluding hydrogens is 276 g/mol. The van der Waals surface area contributed by atoms with Crippen LogP contribution in [-0.2, 0) is 10.8 Å². The average molecular weight is 298 g/mol. The Morgan fingerprint density at radius 1 is 1.50 bits per heavy atom. The number of ether oxygens (including phenoxy) is 1. The highest BCUT2D eigenvalue weighted by Gasteiger charge is 2.10. The predicted molar refractivity (Wildman–Crippen MR) is 82.5 cm³/mol. The summed E-state index contributed by atoms with van der Waals surface area (Å²) in [4.78, 5) is 11.9. The molecule has 1 aromatic rings. The molecule has 0 heterocycles. The van der Waals surface area contributed by atoms with E-state index in [9.17, 15) is 9.00 Å². The molecule has 0 saturated heterocycles.